The molecule has 2 aliphatic heterocycles. The highest BCUT2D eigenvalue weighted by Gasteiger charge is 2.15. The number of benzene rings is 2. The van der Waals surface area contributed by atoms with Gasteiger partial charge < -0.3 is 25.0 Å². The van der Waals surface area contributed by atoms with Crippen LogP contribution in [0.2, 0.25) is 0 Å². The van der Waals surface area contributed by atoms with Gasteiger partial charge in [0.2, 0.25) is 0 Å². The molecular formula is C26H30N4O3. The Balaban J connectivity index is 0.000000200. The Morgan fingerprint density at radius 1 is 1.09 bits per heavy atom. The topological polar surface area (TPSA) is 77.9 Å². The van der Waals surface area contributed by atoms with Crippen molar-refractivity contribution < 1.29 is 14.6 Å². The molecule has 1 saturated heterocycles. The summed E-state index contributed by atoms with van der Waals surface area (Å²) in [6, 6.07) is 16.9. The minimum absolute atomic E-state index is 0.238. The monoisotopic (exact) mass is 446 g/mol. The minimum atomic E-state index is -0.947. The number of ether oxygens (including phenoxy) is 1. The molecule has 0 radical (unpaired) electrons. The summed E-state index contributed by atoms with van der Waals surface area (Å²) in [5.74, 6) is 0.101. The first-order valence-corrected chi connectivity index (χ1v) is 11.3. The van der Waals surface area contributed by atoms with Crippen LogP contribution in [0, 0.1) is 0 Å². The van der Waals surface area contributed by atoms with E-state index in [0.29, 0.717) is 5.69 Å². The molecule has 33 heavy (non-hydrogen) atoms. The van der Waals surface area contributed by atoms with E-state index in [1.54, 1.807) is 7.05 Å². The lowest BCUT2D eigenvalue weighted by atomic mass is 10.1. The number of nitrogens with zero attached hydrogens (tertiary/aromatic N) is 3. The predicted molar refractivity (Wildman–Crippen MR) is 132 cm³/mol. The number of carboxylic acid groups (broad SMARTS) is 1. The third-order valence-corrected chi connectivity index (χ3v) is 6.07. The zero-order valence-electron chi connectivity index (χ0n) is 19.1. The van der Waals surface area contributed by atoms with Crippen molar-refractivity contribution in [3.63, 3.8) is 0 Å². The number of anilines is 4. The Morgan fingerprint density at radius 3 is 2.48 bits per heavy atom. The number of aromatic carboxylic acids is 1. The molecule has 0 saturated carbocycles. The lowest BCUT2D eigenvalue weighted by molar-refractivity contribution is 0.0698. The highest BCUT2D eigenvalue weighted by atomic mass is 16.5. The lowest BCUT2D eigenvalue weighted by Gasteiger charge is -2.33. The Morgan fingerprint density at radius 2 is 1.85 bits per heavy atom. The normalized spacial score (nSPS) is 14.1. The maximum atomic E-state index is 10.5. The van der Waals surface area contributed by atoms with Crippen molar-refractivity contribution in [2.45, 2.75) is 19.3 Å². The molecule has 172 valence electrons. The Bertz CT molecular complexity index is 1100. The van der Waals surface area contributed by atoms with Crippen molar-refractivity contribution in [1.82, 2.24) is 4.98 Å². The van der Waals surface area contributed by atoms with E-state index in [1.807, 2.05) is 0 Å². The second-order valence-electron chi connectivity index (χ2n) is 8.14. The van der Waals surface area contributed by atoms with Crippen LogP contribution in [0.5, 0.6) is 5.75 Å². The van der Waals surface area contributed by atoms with Crippen LogP contribution in [-0.2, 0) is 6.42 Å². The van der Waals surface area contributed by atoms with Gasteiger partial charge >= 0.3 is 5.97 Å². The van der Waals surface area contributed by atoms with Crippen LogP contribution < -0.4 is 19.9 Å². The zero-order valence-corrected chi connectivity index (χ0v) is 19.1. The molecule has 0 amide bonds. The molecule has 7 nitrogen and oxygen atoms in total. The number of fused-ring (bicyclic) bond motifs is 1. The standard InChI is InChI=1S/C19H22N2O.C7H8N2O2/c1-20(16-7-9-17(10-8-16)21-11-3-12-21)18-6-5-15-4-2-13-22-19(15)14-18;1-8-6-4-9-3-2-5(6)7(10)11/h5-10,14H,2-4,11-13H2,1H3;2-4,8H,1H3,(H,10,11). The molecule has 2 aliphatic rings. The average Bonchev–Trinajstić information content (AvgIpc) is 2.83. The van der Waals surface area contributed by atoms with Gasteiger partial charge in [0.15, 0.2) is 0 Å². The van der Waals surface area contributed by atoms with Crippen LogP contribution in [-0.4, -0.2) is 49.9 Å². The Hall–Kier alpha value is -3.74. The highest BCUT2D eigenvalue weighted by Crippen LogP contribution is 2.33. The first kappa shape index (κ1) is 22.5. The van der Waals surface area contributed by atoms with E-state index in [9.17, 15) is 4.79 Å². The summed E-state index contributed by atoms with van der Waals surface area (Å²) in [7, 11) is 3.77. The molecule has 0 aliphatic carbocycles. The number of hydrogen-bond donors (Lipinski definition) is 2. The van der Waals surface area contributed by atoms with E-state index in [4.69, 9.17) is 9.84 Å². The molecule has 2 N–H and O–H groups in total. The van der Waals surface area contributed by atoms with Gasteiger partial charge in [-0.25, -0.2) is 4.79 Å². The second-order valence-corrected chi connectivity index (χ2v) is 8.14. The fourth-order valence-corrected chi connectivity index (χ4v) is 3.93. The fourth-order valence-electron chi connectivity index (χ4n) is 3.93. The van der Waals surface area contributed by atoms with E-state index in [2.05, 4.69) is 69.6 Å². The van der Waals surface area contributed by atoms with E-state index in [-0.39, 0.29) is 5.56 Å². The number of hydrogen-bond acceptors (Lipinski definition) is 6. The van der Waals surface area contributed by atoms with Crippen molar-refractivity contribution >= 4 is 28.7 Å². The Labute approximate surface area is 194 Å². The van der Waals surface area contributed by atoms with Gasteiger partial charge in [-0.3, -0.25) is 4.98 Å². The number of carboxylic acids is 1. The van der Waals surface area contributed by atoms with Crippen molar-refractivity contribution in [1.29, 1.82) is 0 Å². The molecule has 1 fully saturated rings. The van der Waals surface area contributed by atoms with Crippen LogP contribution in [0.4, 0.5) is 22.7 Å². The van der Waals surface area contributed by atoms with Gasteiger partial charge in [-0.05, 0) is 61.2 Å². The van der Waals surface area contributed by atoms with Gasteiger partial charge in [0, 0.05) is 56.5 Å². The minimum Gasteiger partial charge on any atom is -0.493 e. The Kier molecular flexibility index (Phi) is 6.98. The third-order valence-electron chi connectivity index (χ3n) is 6.07. The number of aryl methyl sites for hydroxylation is 1. The molecule has 0 bridgehead atoms. The largest absolute Gasteiger partial charge is 0.493 e. The summed E-state index contributed by atoms with van der Waals surface area (Å²) in [6.07, 6.45) is 6.49. The van der Waals surface area contributed by atoms with Crippen molar-refractivity contribution in [2.24, 2.45) is 0 Å². The number of rotatable bonds is 5. The number of nitrogens with one attached hydrogen (secondary N) is 1. The molecule has 0 atom stereocenters. The molecule has 0 spiro atoms. The van der Waals surface area contributed by atoms with E-state index >= 15 is 0 Å². The highest BCUT2D eigenvalue weighted by molar-refractivity contribution is 5.93. The quantitative estimate of drug-likeness (QED) is 0.582. The third kappa shape index (κ3) is 5.19. The van der Waals surface area contributed by atoms with Crippen LogP contribution in [0.25, 0.3) is 0 Å². The molecule has 1 aromatic heterocycles. The van der Waals surface area contributed by atoms with Crippen molar-refractivity contribution in [3.05, 3.63) is 72.1 Å². The molecule has 5 rings (SSSR count). The van der Waals surface area contributed by atoms with Crippen LogP contribution in [0.15, 0.2) is 60.9 Å². The van der Waals surface area contributed by atoms with Gasteiger partial charge in [-0.15, -0.1) is 0 Å². The van der Waals surface area contributed by atoms with E-state index in [0.717, 1.165) is 25.2 Å². The van der Waals surface area contributed by atoms with Crippen molar-refractivity contribution in [3.8, 4) is 5.75 Å². The predicted octanol–water partition coefficient (Wildman–Crippen LogP) is 4.81. The lowest BCUT2D eigenvalue weighted by Crippen LogP contribution is -2.36. The number of carbonyl (C=O) groups is 1. The zero-order chi connectivity index (χ0) is 23.2. The van der Waals surface area contributed by atoms with Crippen LogP contribution in [0.1, 0.15) is 28.8 Å². The molecule has 3 heterocycles. The maximum Gasteiger partial charge on any atom is 0.337 e. The van der Waals surface area contributed by atoms with Crippen LogP contribution in [0.3, 0.4) is 0 Å². The molecule has 0 unspecified atom stereocenters. The second kappa shape index (κ2) is 10.3. The van der Waals surface area contributed by atoms with Gasteiger partial charge in [0.1, 0.15) is 5.75 Å². The summed E-state index contributed by atoms with van der Waals surface area (Å²) in [5.41, 5.74) is 5.81. The molecule has 3 aromatic rings. The summed E-state index contributed by atoms with van der Waals surface area (Å²) in [6.45, 7) is 3.22. The van der Waals surface area contributed by atoms with E-state index in [1.165, 1.54) is 60.6 Å². The van der Waals surface area contributed by atoms with Crippen molar-refractivity contribution in [2.75, 3.05) is 48.9 Å². The average molecular weight is 447 g/mol. The fraction of sp³-hybridized carbons (Fsp3) is 0.308. The van der Waals surface area contributed by atoms with Gasteiger partial charge in [0.25, 0.3) is 0 Å². The smallest absolute Gasteiger partial charge is 0.337 e. The SMILES string of the molecule is CN(c1ccc(N2CCC2)cc1)c1ccc2c(c1)OCCC2.CNc1cnccc1C(=O)O. The summed E-state index contributed by atoms with van der Waals surface area (Å²) in [4.78, 5) is 18.9. The van der Waals surface area contributed by atoms with Gasteiger partial charge in [0.05, 0.1) is 24.1 Å². The molecule has 2 aromatic carbocycles. The number of pyridine rings is 1. The first-order valence-electron chi connectivity index (χ1n) is 11.3. The van der Waals surface area contributed by atoms with E-state index < -0.39 is 5.97 Å². The summed E-state index contributed by atoms with van der Waals surface area (Å²) < 4.78 is 5.79. The van der Waals surface area contributed by atoms with Gasteiger partial charge in [-0.1, -0.05) is 6.07 Å². The molecular weight excluding hydrogens is 416 g/mol. The summed E-state index contributed by atoms with van der Waals surface area (Å²) in [5, 5.41) is 11.4. The van der Waals surface area contributed by atoms with Crippen LogP contribution >= 0.6 is 0 Å². The molecule has 7 heteroatoms. The number of aromatic nitrogens is 1. The van der Waals surface area contributed by atoms with Gasteiger partial charge in [-0.2, -0.15) is 0 Å². The maximum absolute atomic E-state index is 10.5. The first-order chi connectivity index (χ1) is 16.1. The summed E-state index contributed by atoms with van der Waals surface area (Å²) >= 11 is 0.